The Bertz CT molecular complexity index is 566. The maximum atomic E-state index is 4.21. The van der Waals surface area contributed by atoms with E-state index in [4.69, 9.17) is 0 Å². The predicted octanol–water partition coefficient (Wildman–Crippen LogP) is 3.10. The highest BCUT2D eigenvalue weighted by Gasteiger charge is 2.33. The first kappa shape index (κ1) is 9.34. The molecule has 0 N–H and O–H groups in total. The molecule has 2 atom stereocenters. The molecule has 0 radical (unpaired) electrons. The van der Waals surface area contributed by atoms with Gasteiger partial charge >= 0.3 is 0 Å². The zero-order chi connectivity index (χ0) is 11.2. The number of allylic oxidation sites excluding steroid dienone is 2. The van der Waals surface area contributed by atoms with Gasteiger partial charge in [0.05, 0.1) is 5.71 Å². The van der Waals surface area contributed by atoms with E-state index in [-0.39, 0.29) is 0 Å². The summed E-state index contributed by atoms with van der Waals surface area (Å²) in [6, 6.07) is 8.88. The largest absolute Gasteiger partial charge is 0.163 e. The van der Waals surface area contributed by atoms with Gasteiger partial charge in [-0.25, -0.2) is 0 Å². The monoisotopic (exact) mass is 222 g/mol. The number of benzene rings is 1. The normalized spacial score (nSPS) is 28.9. The van der Waals surface area contributed by atoms with Crippen molar-refractivity contribution >= 4 is 11.9 Å². The van der Waals surface area contributed by atoms with Crippen LogP contribution in [0.1, 0.15) is 29.9 Å². The second-order valence-corrected chi connectivity index (χ2v) is 5.10. The molecule has 0 spiro atoms. The summed E-state index contributed by atoms with van der Waals surface area (Å²) in [6.07, 6.45) is 7.82. The summed E-state index contributed by atoms with van der Waals surface area (Å²) in [4.78, 5) is 0. The van der Waals surface area contributed by atoms with Crippen LogP contribution < -0.4 is 0 Å². The van der Waals surface area contributed by atoms with Gasteiger partial charge in [0.15, 0.2) is 0 Å². The molecule has 0 fully saturated rings. The minimum Gasteiger partial charge on any atom is -0.163 e. The number of fused-ring (bicyclic) bond motifs is 4. The minimum atomic E-state index is 0.454. The molecule has 0 aromatic heterocycles. The maximum absolute atomic E-state index is 4.21. The van der Waals surface area contributed by atoms with Crippen LogP contribution >= 0.6 is 0 Å². The van der Waals surface area contributed by atoms with Gasteiger partial charge in [-0.05, 0) is 36.5 Å². The van der Waals surface area contributed by atoms with Crippen molar-refractivity contribution in [2.75, 3.05) is 0 Å². The van der Waals surface area contributed by atoms with Gasteiger partial charge in [0.1, 0.15) is 0 Å². The first-order chi connectivity index (χ1) is 8.42. The summed E-state index contributed by atoms with van der Waals surface area (Å²) in [6.45, 7) is 0. The number of nitrogens with zero attached hydrogens (tertiary/aromatic N) is 2. The van der Waals surface area contributed by atoms with E-state index in [1.807, 2.05) is 6.21 Å². The SMILES string of the molecule is C1=NN=C2C=C3CCc4ccccc4[C@H]3C[C@@H]12. The van der Waals surface area contributed by atoms with Crippen LogP contribution in [0.4, 0.5) is 0 Å². The smallest absolute Gasteiger partial charge is 0.0715 e. The van der Waals surface area contributed by atoms with Crippen molar-refractivity contribution in [3.8, 4) is 0 Å². The Kier molecular flexibility index (Phi) is 1.87. The average Bonchev–Trinajstić information content (AvgIpc) is 2.83. The van der Waals surface area contributed by atoms with Crippen LogP contribution in [0.5, 0.6) is 0 Å². The Morgan fingerprint density at radius 3 is 3.06 bits per heavy atom. The lowest BCUT2D eigenvalue weighted by Crippen LogP contribution is -2.25. The number of rotatable bonds is 0. The Labute approximate surface area is 101 Å². The second kappa shape index (κ2) is 3.39. The molecule has 1 heterocycles. The molecular weight excluding hydrogens is 208 g/mol. The van der Waals surface area contributed by atoms with Gasteiger partial charge in [-0.1, -0.05) is 29.8 Å². The standard InChI is InChI=1S/C15H14N2/c1-2-4-13-10(3-1)5-6-11-8-15-12(7-14(11)13)9-16-17-15/h1-4,8-9,12,14H,5-7H2/t12-,14-/m0/s1. The van der Waals surface area contributed by atoms with E-state index in [1.54, 1.807) is 5.57 Å². The molecule has 1 aromatic rings. The van der Waals surface area contributed by atoms with Gasteiger partial charge in [0.25, 0.3) is 0 Å². The molecule has 2 aliphatic carbocycles. The van der Waals surface area contributed by atoms with Crippen LogP contribution in [-0.4, -0.2) is 11.9 Å². The zero-order valence-electron chi connectivity index (χ0n) is 9.63. The molecule has 17 heavy (non-hydrogen) atoms. The molecule has 0 saturated carbocycles. The van der Waals surface area contributed by atoms with E-state index in [1.165, 1.54) is 29.7 Å². The highest BCUT2D eigenvalue weighted by Crippen LogP contribution is 2.43. The number of hydrogen-bond acceptors (Lipinski definition) is 2. The van der Waals surface area contributed by atoms with E-state index in [0.29, 0.717) is 11.8 Å². The Hall–Kier alpha value is -1.70. The van der Waals surface area contributed by atoms with E-state index in [0.717, 1.165) is 6.42 Å². The molecule has 0 bridgehead atoms. The zero-order valence-corrected chi connectivity index (χ0v) is 9.63. The van der Waals surface area contributed by atoms with Gasteiger partial charge in [0, 0.05) is 18.1 Å². The molecule has 4 rings (SSSR count). The van der Waals surface area contributed by atoms with Gasteiger partial charge < -0.3 is 0 Å². The molecule has 84 valence electrons. The van der Waals surface area contributed by atoms with Crippen molar-refractivity contribution in [1.82, 2.24) is 0 Å². The van der Waals surface area contributed by atoms with Gasteiger partial charge in [-0.15, -0.1) is 0 Å². The number of aryl methyl sites for hydroxylation is 1. The van der Waals surface area contributed by atoms with Crippen molar-refractivity contribution in [1.29, 1.82) is 0 Å². The summed E-state index contributed by atoms with van der Waals surface area (Å²) < 4.78 is 0. The maximum Gasteiger partial charge on any atom is 0.0715 e. The lowest BCUT2D eigenvalue weighted by Gasteiger charge is -2.33. The predicted molar refractivity (Wildman–Crippen MR) is 69.6 cm³/mol. The summed E-state index contributed by atoms with van der Waals surface area (Å²) in [5.41, 5.74) is 5.80. The third kappa shape index (κ3) is 1.33. The van der Waals surface area contributed by atoms with Crippen LogP contribution in [0, 0.1) is 5.92 Å². The van der Waals surface area contributed by atoms with Crippen LogP contribution in [0.25, 0.3) is 0 Å². The highest BCUT2D eigenvalue weighted by atomic mass is 15.2. The van der Waals surface area contributed by atoms with Crippen molar-refractivity contribution in [3.05, 3.63) is 47.0 Å². The van der Waals surface area contributed by atoms with Crippen LogP contribution in [0.2, 0.25) is 0 Å². The molecule has 0 saturated heterocycles. The lowest BCUT2D eigenvalue weighted by atomic mass is 9.71. The number of hydrogen-bond donors (Lipinski definition) is 0. The topological polar surface area (TPSA) is 24.7 Å². The van der Waals surface area contributed by atoms with E-state index in [2.05, 4.69) is 40.5 Å². The molecule has 1 aliphatic heterocycles. The third-order valence-corrected chi connectivity index (χ3v) is 4.18. The average molecular weight is 222 g/mol. The molecule has 3 aliphatic rings. The van der Waals surface area contributed by atoms with E-state index < -0.39 is 0 Å². The third-order valence-electron chi connectivity index (χ3n) is 4.18. The van der Waals surface area contributed by atoms with Crippen molar-refractivity contribution in [2.24, 2.45) is 16.1 Å². The highest BCUT2D eigenvalue weighted by molar-refractivity contribution is 6.09. The molecule has 2 nitrogen and oxygen atoms in total. The molecule has 2 heteroatoms. The Morgan fingerprint density at radius 1 is 1.12 bits per heavy atom. The first-order valence-electron chi connectivity index (χ1n) is 6.31. The Morgan fingerprint density at radius 2 is 2.06 bits per heavy atom. The summed E-state index contributed by atoms with van der Waals surface area (Å²) in [5, 5.41) is 8.27. The van der Waals surface area contributed by atoms with Crippen molar-refractivity contribution < 1.29 is 0 Å². The minimum absolute atomic E-state index is 0.454. The summed E-state index contributed by atoms with van der Waals surface area (Å²) >= 11 is 0. The molecule has 0 unspecified atom stereocenters. The molecule has 0 amide bonds. The second-order valence-electron chi connectivity index (χ2n) is 5.10. The summed E-state index contributed by atoms with van der Waals surface area (Å²) in [5.74, 6) is 1.06. The van der Waals surface area contributed by atoms with E-state index in [9.17, 15) is 0 Å². The molecule has 1 aromatic carbocycles. The van der Waals surface area contributed by atoms with Crippen molar-refractivity contribution in [3.63, 3.8) is 0 Å². The van der Waals surface area contributed by atoms with E-state index >= 15 is 0 Å². The lowest BCUT2D eigenvalue weighted by molar-refractivity contribution is 0.609. The summed E-state index contributed by atoms with van der Waals surface area (Å²) in [7, 11) is 0. The Balaban J connectivity index is 1.83. The van der Waals surface area contributed by atoms with Crippen LogP contribution in [-0.2, 0) is 6.42 Å². The van der Waals surface area contributed by atoms with Gasteiger partial charge in [-0.3, -0.25) is 0 Å². The molecular formula is C15H14N2. The van der Waals surface area contributed by atoms with Crippen molar-refractivity contribution in [2.45, 2.75) is 25.2 Å². The fraction of sp³-hybridized carbons (Fsp3) is 0.333. The van der Waals surface area contributed by atoms with Gasteiger partial charge in [0.2, 0.25) is 0 Å². The quantitative estimate of drug-likeness (QED) is 0.644. The fourth-order valence-electron chi connectivity index (χ4n) is 3.30. The van der Waals surface area contributed by atoms with Crippen LogP contribution in [0.3, 0.4) is 0 Å². The fourth-order valence-corrected chi connectivity index (χ4v) is 3.30. The van der Waals surface area contributed by atoms with Gasteiger partial charge in [-0.2, -0.15) is 10.2 Å². The first-order valence-corrected chi connectivity index (χ1v) is 6.31. The van der Waals surface area contributed by atoms with Crippen LogP contribution in [0.15, 0.2) is 46.1 Å².